The number of allylic oxidation sites excluding steroid dienone is 1. The number of rotatable bonds is 9. The fourth-order valence-corrected chi connectivity index (χ4v) is 3.81. The summed E-state index contributed by atoms with van der Waals surface area (Å²) in [6.07, 6.45) is 8.41. The van der Waals surface area contributed by atoms with Gasteiger partial charge >= 0.3 is 12.1 Å². The molecule has 2 rings (SSSR count). The standard InChI is InChI=1S/C22H33N3O6/c1-4-5-9-15(2)19(21(28)30-3)24-20(27)17-12-8-13-25(17)18(26)14-23-22(29)31-16-10-6-7-11-16/h5,9,16-17,19H,2,4,6-8,10-14H2,1,3H3,(H,23,29)(H,24,27)/b9-5-. The number of esters is 1. The van der Waals surface area contributed by atoms with Gasteiger partial charge in [0, 0.05) is 6.54 Å². The Morgan fingerprint density at radius 2 is 1.87 bits per heavy atom. The predicted molar refractivity (Wildman–Crippen MR) is 114 cm³/mol. The summed E-state index contributed by atoms with van der Waals surface area (Å²) in [5.74, 6) is -1.47. The van der Waals surface area contributed by atoms with Crippen molar-refractivity contribution in [3.8, 4) is 0 Å². The van der Waals surface area contributed by atoms with Crippen molar-refractivity contribution in [1.82, 2.24) is 15.5 Å². The Kier molecular flexibility index (Phi) is 9.55. The van der Waals surface area contributed by atoms with E-state index in [1.165, 1.54) is 12.0 Å². The Morgan fingerprint density at radius 1 is 1.16 bits per heavy atom. The lowest BCUT2D eigenvalue weighted by Gasteiger charge is -2.26. The fourth-order valence-electron chi connectivity index (χ4n) is 3.81. The van der Waals surface area contributed by atoms with Crippen LogP contribution >= 0.6 is 0 Å². The Bertz CT molecular complexity index is 714. The average Bonchev–Trinajstić information content (AvgIpc) is 3.45. The van der Waals surface area contributed by atoms with Gasteiger partial charge in [-0.3, -0.25) is 9.59 Å². The molecular formula is C22H33N3O6. The van der Waals surface area contributed by atoms with Gasteiger partial charge in [0.25, 0.3) is 0 Å². The molecule has 172 valence electrons. The highest BCUT2D eigenvalue weighted by molar-refractivity contribution is 5.93. The van der Waals surface area contributed by atoms with E-state index in [0.29, 0.717) is 25.0 Å². The van der Waals surface area contributed by atoms with Crippen LogP contribution < -0.4 is 10.6 Å². The first-order valence-electron chi connectivity index (χ1n) is 10.8. The SMILES string of the molecule is C=C(/C=C\CC)C(NC(=O)C1CCCN1C(=O)CNC(=O)OC1CCCC1)C(=O)OC. The normalized spacial score (nSPS) is 19.8. The predicted octanol–water partition coefficient (Wildman–Crippen LogP) is 1.83. The first kappa shape index (κ1) is 24.4. The molecule has 0 bridgehead atoms. The maximum absolute atomic E-state index is 12.8. The zero-order chi connectivity index (χ0) is 22.8. The molecule has 0 aromatic heterocycles. The van der Waals surface area contributed by atoms with Crippen molar-refractivity contribution in [3.63, 3.8) is 0 Å². The van der Waals surface area contributed by atoms with E-state index in [2.05, 4.69) is 17.2 Å². The first-order chi connectivity index (χ1) is 14.9. The second kappa shape index (κ2) is 12.1. The topological polar surface area (TPSA) is 114 Å². The number of carbonyl (C=O) groups excluding carboxylic acids is 4. The molecule has 3 amide bonds. The smallest absolute Gasteiger partial charge is 0.407 e. The summed E-state index contributed by atoms with van der Waals surface area (Å²) in [4.78, 5) is 50.9. The van der Waals surface area contributed by atoms with E-state index in [-0.39, 0.29) is 18.6 Å². The van der Waals surface area contributed by atoms with Crippen LogP contribution in [0.2, 0.25) is 0 Å². The van der Waals surface area contributed by atoms with E-state index in [1.54, 1.807) is 6.08 Å². The zero-order valence-electron chi connectivity index (χ0n) is 18.4. The van der Waals surface area contributed by atoms with Crippen LogP contribution in [0.1, 0.15) is 51.9 Å². The molecule has 1 aliphatic heterocycles. The summed E-state index contributed by atoms with van der Waals surface area (Å²) >= 11 is 0. The van der Waals surface area contributed by atoms with Crippen LogP contribution in [-0.4, -0.2) is 67.2 Å². The molecule has 0 aromatic carbocycles. The van der Waals surface area contributed by atoms with Gasteiger partial charge in [-0.25, -0.2) is 9.59 Å². The van der Waals surface area contributed by atoms with Crippen LogP contribution in [0.5, 0.6) is 0 Å². The highest BCUT2D eigenvalue weighted by Gasteiger charge is 2.36. The monoisotopic (exact) mass is 435 g/mol. The highest BCUT2D eigenvalue weighted by atomic mass is 16.6. The quantitative estimate of drug-likeness (QED) is 0.422. The molecule has 31 heavy (non-hydrogen) atoms. The van der Waals surface area contributed by atoms with Crippen molar-refractivity contribution >= 4 is 23.9 Å². The molecule has 0 aromatic rings. The van der Waals surface area contributed by atoms with E-state index < -0.39 is 30.1 Å². The van der Waals surface area contributed by atoms with Crippen LogP contribution in [0, 0.1) is 0 Å². The molecule has 2 fully saturated rings. The second-order valence-electron chi connectivity index (χ2n) is 7.76. The molecule has 1 saturated carbocycles. The van der Waals surface area contributed by atoms with Crippen molar-refractivity contribution in [2.24, 2.45) is 0 Å². The summed E-state index contributed by atoms with van der Waals surface area (Å²) in [5, 5.41) is 5.12. The minimum Gasteiger partial charge on any atom is -0.467 e. The third kappa shape index (κ3) is 7.11. The number of nitrogens with one attached hydrogen (secondary N) is 2. The van der Waals surface area contributed by atoms with Crippen molar-refractivity contribution in [3.05, 3.63) is 24.3 Å². The lowest BCUT2D eigenvalue weighted by Crippen LogP contribution is -2.53. The van der Waals surface area contributed by atoms with Crippen molar-refractivity contribution in [2.45, 2.75) is 70.1 Å². The number of nitrogens with zero attached hydrogens (tertiary/aromatic N) is 1. The van der Waals surface area contributed by atoms with Gasteiger partial charge in [-0.2, -0.15) is 0 Å². The van der Waals surface area contributed by atoms with Gasteiger partial charge in [0.2, 0.25) is 11.8 Å². The number of hydrogen-bond donors (Lipinski definition) is 2. The molecule has 9 nitrogen and oxygen atoms in total. The lowest BCUT2D eigenvalue weighted by atomic mass is 10.1. The largest absolute Gasteiger partial charge is 0.467 e. The maximum atomic E-state index is 12.8. The van der Waals surface area contributed by atoms with Crippen molar-refractivity contribution in [1.29, 1.82) is 0 Å². The summed E-state index contributed by atoms with van der Waals surface area (Å²) in [6, 6.07) is -1.76. The summed E-state index contributed by atoms with van der Waals surface area (Å²) < 4.78 is 10.1. The van der Waals surface area contributed by atoms with Crippen LogP contribution in [0.4, 0.5) is 4.79 Å². The van der Waals surface area contributed by atoms with E-state index in [1.807, 2.05) is 13.0 Å². The molecule has 1 heterocycles. The highest BCUT2D eigenvalue weighted by Crippen LogP contribution is 2.21. The number of likely N-dealkylation sites (tertiary alicyclic amines) is 1. The molecule has 2 N–H and O–H groups in total. The summed E-state index contributed by atoms with van der Waals surface area (Å²) in [7, 11) is 1.24. The van der Waals surface area contributed by atoms with Gasteiger partial charge in [-0.15, -0.1) is 0 Å². The van der Waals surface area contributed by atoms with Gasteiger partial charge in [0.05, 0.1) is 7.11 Å². The fraction of sp³-hybridized carbons (Fsp3) is 0.636. The van der Waals surface area contributed by atoms with E-state index in [4.69, 9.17) is 9.47 Å². The zero-order valence-corrected chi connectivity index (χ0v) is 18.4. The first-order valence-corrected chi connectivity index (χ1v) is 10.8. The van der Waals surface area contributed by atoms with Gasteiger partial charge in [-0.05, 0) is 50.5 Å². The average molecular weight is 436 g/mol. The maximum Gasteiger partial charge on any atom is 0.407 e. The van der Waals surface area contributed by atoms with Crippen LogP contribution in [-0.2, 0) is 23.9 Å². The summed E-state index contributed by atoms with van der Waals surface area (Å²) in [5.41, 5.74) is 0.397. The molecule has 1 saturated heterocycles. The van der Waals surface area contributed by atoms with Crippen LogP contribution in [0.15, 0.2) is 24.3 Å². The number of hydrogen-bond acceptors (Lipinski definition) is 6. The van der Waals surface area contributed by atoms with E-state index in [9.17, 15) is 19.2 Å². The third-order valence-corrected chi connectivity index (χ3v) is 5.50. The summed E-state index contributed by atoms with van der Waals surface area (Å²) in [6.45, 7) is 5.93. The number of ether oxygens (including phenoxy) is 2. The second-order valence-corrected chi connectivity index (χ2v) is 7.76. The molecule has 0 spiro atoms. The van der Waals surface area contributed by atoms with Crippen molar-refractivity contribution < 1.29 is 28.7 Å². The Hall–Kier alpha value is -2.84. The molecule has 2 atom stereocenters. The molecule has 9 heteroatoms. The minimum absolute atomic E-state index is 0.0921. The van der Waals surface area contributed by atoms with E-state index in [0.717, 1.165) is 32.1 Å². The van der Waals surface area contributed by atoms with E-state index >= 15 is 0 Å². The molecule has 1 aliphatic carbocycles. The van der Waals surface area contributed by atoms with Gasteiger partial charge in [-0.1, -0.05) is 25.7 Å². The Labute approximate surface area is 183 Å². The lowest BCUT2D eigenvalue weighted by molar-refractivity contribution is -0.145. The molecule has 2 unspecified atom stereocenters. The molecule has 2 aliphatic rings. The van der Waals surface area contributed by atoms with Gasteiger partial charge < -0.3 is 25.0 Å². The minimum atomic E-state index is -1.03. The third-order valence-electron chi connectivity index (χ3n) is 5.50. The van der Waals surface area contributed by atoms with Gasteiger partial charge in [0.1, 0.15) is 18.7 Å². The van der Waals surface area contributed by atoms with Gasteiger partial charge in [0.15, 0.2) is 6.04 Å². The Morgan fingerprint density at radius 3 is 2.52 bits per heavy atom. The molecule has 0 radical (unpaired) electrons. The number of amides is 3. The number of methoxy groups -OCH3 is 1. The Balaban J connectivity index is 1.92. The van der Waals surface area contributed by atoms with Crippen LogP contribution in [0.3, 0.4) is 0 Å². The van der Waals surface area contributed by atoms with Crippen molar-refractivity contribution in [2.75, 3.05) is 20.2 Å². The van der Waals surface area contributed by atoms with Crippen LogP contribution in [0.25, 0.3) is 0 Å². The number of carbonyl (C=O) groups is 4. The molecular weight excluding hydrogens is 402 g/mol. The number of alkyl carbamates (subject to hydrolysis) is 1.